The number of rotatable bonds is 0. The van der Waals surface area contributed by atoms with Gasteiger partial charge in [0.1, 0.15) is 0 Å². The van der Waals surface area contributed by atoms with E-state index in [1.54, 1.807) is 11.8 Å². The van der Waals surface area contributed by atoms with Crippen molar-refractivity contribution >= 4 is 28.8 Å². The van der Waals surface area contributed by atoms with Gasteiger partial charge in [-0.15, -0.1) is 0 Å². The molecule has 2 N–H and O–H groups in total. The van der Waals surface area contributed by atoms with Crippen LogP contribution >= 0.6 is 11.8 Å². The Morgan fingerprint density at radius 2 is 1.61 bits per heavy atom. The number of nitrogens with zero attached hydrogens (tertiary/aromatic N) is 1. The van der Waals surface area contributed by atoms with Gasteiger partial charge in [-0.2, -0.15) is 0 Å². The van der Waals surface area contributed by atoms with E-state index in [2.05, 4.69) is 42.3 Å². The van der Waals surface area contributed by atoms with Crippen LogP contribution in [0.15, 0.2) is 52.3 Å². The fourth-order valence-corrected chi connectivity index (χ4v) is 3.08. The molecule has 3 heteroatoms. The van der Waals surface area contributed by atoms with E-state index >= 15 is 0 Å². The molecule has 2 aromatic rings. The minimum atomic E-state index is 0.811. The summed E-state index contributed by atoms with van der Waals surface area (Å²) in [6.45, 7) is 4.00. The molecule has 1 aliphatic heterocycles. The van der Waals surface area contributed by atoms with Crippen LogP contribution in [0.1, 0.15) is 13.8 Å². The number of anilines is 3. The molecular weight excluding hydrogens is 240 g/mol. The number of hydrogen-bond acceptors (Lipinski definition) is 3. The second-order valence-electron chi connectivity index (χ2n) is 3.86. The summed E-state index contributed by atoms with van der Waals surface area (Å²) in [7, 11) is 2.08. The van der Waals surface area contributed by atoms with E-state index in [1.807, 2.05) is 26.0 Å². The Balaban J connectivity index is 0.000000574. The fourth-order valence-electron chi connectivity index (χ4n) is 1.95. The zero-order valence-electron chi connectivity index (χ0n) is 11.0. The van der Waals surface area contributed by atoms with E-state index in [4.69, 9.17) is 5.73 Å². The first-order chi connectivity index (χ1) is 8.75. The van der Waals surface area contributed by atoms with Crippen molar-refractivity contribution in [3.8, 4) is 0 Å². The summed E-state index contributed by atoms with van der Waals surface area (Å²) in [5, 5.41) is 0. The maximum absolute atomic E-state index is 5.83. The molecule has 0 bridgehead atoms. The third kappa shape index (κ3) is 2.18. The molecule has 0 fully saturated rings. The van der Waals surface area contributed by atoms with Gasteiger partial charge in [0.05, 0.1) is 11.4 Å². The number of para-hydroxylation sites is 1. The van der Waals surface area contributed by atoms with Crippen LogP contribution < -0.4 is 10.6 Å². The molecule has 18 heavy (non-hydrogen) atoms. The van der Waals surface area contributed by atoms with Gasteiger partial charge in [0.25, 0.3) is 0 Å². The highest BCUT2D eigenvalue weighted by molar-refractivity contribution is 7.99. The minimum absolute atomic E-state index is 0.811. The van der Waals surface area contributed by atoms with Crippen LogP contribution in [0, 0.1) is 0 Å². The van der Waals surface area contributed by atoms with E-state index < -0.39 is 0 Å². The number of hydrogen-bond donors (Lipinski definition) is 1. The van der Waals surface area contributed by atoms with Crippen molar-refractivity contribution in [1.82, 2.24) is 0 Å². The average molecular weight is 258 g/mol. The van der Waals surface area contributed by atoms with Gasteiger partial charge in [-0.05, 0) is 30.3 Å². The fraction of sp³-hybridized carbons (Fsp3) is 0.200. The topological polar surface area (TPSA) is 29.3 Å². The molecule has 0 saturated heterocycles. The predicted octanol–water partition coefficient (Wildman–Crippen LogP) is 4.53. The lowest BCUT2D eigenvalue weighted by molar-refractivity contribution is 1.11. The maximum Gasteiger partial charge on any atom is 0.0570 e. The van der Waals surface area contributed by atoms with E-state index in [1.165, 1.54) is 21.2 Å². The van der Waals surface area contributed by atoms with Crippen LogP contribution in [0.5, 0.6) is 0 Å². The van der Waals surface area contributed by atoms with Crippen molar-refractivity contribution < 1.29 is 0 Å². The summed E-state index contributed by atoms with van der Waals surface area (Å²) in [5.41, 5.74) is 9.06. The maximum atomic E-state index is 5.83. The average Bonchev–Trinajstić information content (AvgIpc) is 2.42. The molecule has 0 saturated carbocycles. The largest absolute Gasteiger partial charge is 0.399 e. The van der Waals surface area contributed by atoms with Crippen LogP contribution in [0.25, 0.3) is 0 Å². The van der Waals surface area contributed by atoms with Gasteiger partial charge in [0.15, 0.2) is 0 Å². The Morgan fingerprint density at radius 1 is 0.944 bits per heavy atom. The van der Waals surface area contributed by atoms with E-state index in [9.17, 15) is 0 Å². The highest BCUT2D eigenvalue weighted by atomic mass is 32.2. The number of fused-ring (bicyclic) bond motifs is 2. The first-order valence-electron chi connectivity index (χ1n) is 6.16. The van der Waals surface area contributed by atoms with E-state index in [0.717, 1.165) is 5.69 Å². The molecule has 0 amide bonds. The van der Waals surface area contributed by atoms with Gasteiger partial charge in [0, 0.05) is 22.5 Å². The van der Waals surface area contributed by atoms with Crippen molar-refractivity contribution in [1.29, 1.82) is 0 Å². The normalized spacial score (nSPS) is 12.1. The lowest BCUT2D eigenvalue weighted by Crippen LogP contribution is -2.14. The Labute approximate surface area is 113 Å². The predicted molar refractivity (Wildman–Crippen MR) is 80.8 cm³/mol. The van der Waals surface area contributed by atoms with Gasteiger partial charge in [-0.1, -0.05) is 37.7 Å². The van der Waals surface area contributed by atoms with Gasteiger partial charge in [0.2, 0.25) is 0 Å². The Hall–Kier alpha value is -1.61. The molecule has 0 aliphatic carbocycles. The monoisotopic (exact) mass is 258 g/mol. The summed E-state index contributed by atoms with van der Waals surface area (Å²) >= 11 is 1.80. The number of benzene rings is 2. The van der Waals surface area contributed by atoms with Crippen molar-refractivity contribution in [3.05, 3.63) is 42.5 Å². The van der Waals surface area contributed by atoms with Crippen LogP contribution in [-0.4, -0.2) is 7.05 Å². The second kappa shape index (κ2) is 5.36. The molecule has 3 rings (SSSR count). The molecule has 0 radical (unpaired) electrons. The number of nitrogen functional groups attached to an aromatic ring is 1. The summed E-state index contributed by atoms with van der Waals surface area (Å²) in [4.78, 5) is 4.75. The molecular formula is C15H18N2S. The molecule has 0 atom stereocenters. The zero-order chi connectivity index (χ0) is 13.1. The highest BCUT2D eigenvalue weighted by Crippen LogP contribution is 2.47. The molecule has 0 spiro atoms. The third-order valence-electron chi connectivity index (χ3n) is 2.79. The molecule has 94 valence electrons. The minimum Gasteiger partial charge on any atom is -0.399 e. The van der Waals surface area contributed by atoms with Crippen molar-refractivity contribution in [2.75, 3.05) is 17.7 Å². The van der Waals surface area contributed by atoms with Crippen LogP contribution in [0.2, 0.25) is 0 Å². The summed E-state index contributed by atoms with van der Waals surface area (Å²) in [5.74, 6) is 0. The Morgan fingerprint density at radius 3 is 2.39 bits per heavy atom. The Kier molecular flexibility index (Phi) is 3.82. The van der Waals surface area contributed by atoms with Crippen molar-refractivity contribution in [2.24, 2.45) is 0 Å². The van der Waals surface area contributed by atoms with Gasteiger partial charge < -0.3 is 10.6 Å². The van der Waals surface area contributed by atoms with E-state index in [-0.39, 0.29) is 0 Å². The summed E-state index contributed by atoms with van der Waals surface area (Å²) < 4.78 is 0. The van der Waals surface area contributed by atoms with E-state index in [0.29, 0.717) is 0 Å². The highest BCUT2D eigenvalue weighted by Gasteiger charge is 2.19. The molecule has 0 aromatic heterocycles. The molecule has 1 aliphatic rings. The lowest BCUT2D eigenvalue weighted by Gasteiger charge is -2.29. The van der Waals surface area contributed by atoms with Crippen molar-refractivity contribution in [3.63, 3.8) is 0 Å². The SMILES string of the molecule is CC.CN1c2ccccc2Sc2ccc(N)cc21. The second-order valence-corrected chi connectivity index (χ2v) is 4.94. The van der Waals surface area contributed by atoms with Crippen LogP contribution in [-0.2, 0) is 0 Å². The van der Waals surface area contributed by atoms with Gasteiger partial charge in [-0.3, -0.25) is 0 Å². The smallest absolute Gasteiger partial charge is 0.0570 e. The zero-order valence-corrected chi connectivity index (χ0v) is 11.8. The number of nitrogens with two attached hydrogens (primary N) is 1. The van der Waals surface area contributed by atoms with Crippen LogP contribution in [0.3, 0.4) is 0 Å². The third-order valence-corrected chi connectivity index (χ3v) is 3.92. The van der Waals surface area contributed by atoms with Crippen LogP contribution in [0.4, 0.5) is 17.1 Å². The molecule has 1 heterocycles. The first-order valence-corrected chi connectivity index (χ1v) is 6.97. The van der Waals surface area contributed by atoms with Crippen molar-refractivity contribution in [2.45, 2.75) is 23.6 Å². The Bertz CT molecular complexity index is 552. The lowest BCUT2D eigenvalue weighted by atomic mass is 10.2. The molecule has 0 unspecified atom stereocenters. The summed E-state index contributed by atoms with van der Waals surface area (Å²) in [6, 6.07) is 14.5. The standard InChI is InChI=1S/C13H12N2S.C2H6/c1-15-10-4-2-3-5-12(10)16-13-7-6-9(14)8-11(13)15;1-2/h2-8H,14H2,1H3;1-2H3. The van der Waals surface area contributed by atoms with Gasteiger partial charge >= 0.3 is 0 Å². The summed E-state index contributed by atoms with van der Waals surface area (Å²) in [6.07, 6.45) is 0. The quantitative estimate of drug-likeness (QED) is 0.704. The van der Waals surface area contributed by atoms with Gasteiger partial charge in [-0.25, -0.2) is 0 Å². The first kappa shape index (κ1) is 12.8. The molecule has 2 aromatic carbocycles. The molecule has 2 nitrogen and oxygen atoms in total.